The molecule has 12 heteroatoms. The first kappa shape index (κ1) is 29.0. The van der Waals surface area contributed by atoms with Gasteiger partial charge in [-0.15, -0.1) is 0 Å². The Kier molecular flexibility index (Phi) is 9.12. The lowest BCUT2D eigenvalue weighted by Crippen LogP contribution is -2.39. The second kappa shape index (κ2) is 12.9. The summed E-state index contributed by atoms with van der Waals surface area (Å²) in [5.74, 6) is -1.87. The first-order valence-corrected chi connectivity index (χ1v) is 12.8. The SMILES string of the molecule is COc1cccc(-c2cc(C(=O)N3CCC(n4cc(NC(=O)c5ccc(F)c(F)c5C)cn4)CC3)c[nH]2)c1.O=CO. The van der Waals surface area contributed by atoms with Gasteiger partial charge in [-0.25, -0.2) is 8.78 Å². The van der Waals surface area contributed by atoms with Gasteiger partial charge in [-0.05, 0) is 50.1 Å². The highest BCUT2D eigenvalue weighted by molar-refractivity contribution is 6.05. The molecule has 0 unspecified atom stereocenters. The van der Waals surface area contributed by atoms with Crippen LogP contribution in [0.2, 0.25) is 0 Å². The Labute approximate surface area is 234 Å². The monoisotopic (exact) mass is 565 g/mol. The van der Waals surface area contributed by atoms with E-state index in [1.54, 1.807) is 24.2 Å². The van der Waals surface area contributed by atoms with Gasteiger partial charge in [0.2, 0.25) is 0 Å². The van der Waals surface area contributed by atoms with E-state index in [9.17, 15) is 18.4 Å². The van der Waals surface area contributed by atoms with Crippen molar-refractivity contribution in [1.29, 1.82) is 0 Å². The van der Waals surface area contributed by atoms with Crippen LogP contribution in [-0.4, -0.2) is 63.3 Å². The molecule has 41 heavy (non-hydrogen) atoms. The predicted molar refractivity (Wildman–Crippen MR) is 147 cm³/mol. The number of aromatic nitrogens is 3. The van der Waals surface area contributed by atoms with E-state index < -0.39 is 17.5 Å². The quantitative estimate of drug-likeness (QED) is 0.285. The summed E-state index contributed by atoms with van der Waals surface area (Å²) in [7, 11) is 1.61. The van der Waals surface area contributed by atoms with E-state index in [-0.39, 0.29) is 29.5 Å². The number of nitrogens with zero attached hydrogens (tertiary/aromatic N) is 3. The number of nitrogens with one attached hydrogen (secondary N) is 2. The van der Waals surface area contributed by atoms with Crippen LogP contribution in [0.3, 0.4) is 0 Å². The van der Waals surface area contributed by atoms with Gasteiger partial charge >= 0.3 is 0 Å². The number of aromatic amines is 1. The number of anilines is 1. The average molecular weight is 566 g/mol. The number of likely N-dealkylation sites (tertiary alicyclic amines) is 1. The zero-order valence-electron chi connectivity index (χ0n) is 22.4. The number of ether oxygens (including phenoxy) is 1. The Hall–Kier alpha value is -5.00. The van der Waals surface area contributed by atoms with Gasteiger partial charge in [0.25, 0.3) is 18.3 Å². The summed E-state index contributed by atoms with van der Waals surface area (Å²) in [6.07, 6.45) is 6.36. The number of carboxylic acid groups (broad SMARTS) is 1. The fraction of sp³-hybridized carbons (Fsp3) is 0.241. The number of halogens is 2. The molecule has 0 atom stereocenters. The lowest BCUT2D eigenvalue weighted by atomic mass is 10.0. The van der Waals surface area contributed by atoms with Crippen LogP contribution in [-0.2, 0) is 4.79 Å². The molecule has 10 nitrogen and oxygen atoms in total. The summed E-state index contributed by atoms with van der Waals surface area (Å²) in [5.41, 5.74) is 2.83. The van der Waals surface area contributed by atoms with Crippen LogP contribution in [0.25, 0.3) is 11.3 Å². The molecular formula is C29H29F2N5O5. The largest absolute Gasteiger partial charge is 0.497 e. The Morgan fingerprint density at radius 2 is 1.90 bits per heavy atom. The molecule has 0 radical (unpaired) electrons. The van der Waals surface area contributed by atoms with Crippen molar-refractivity contribution in [3.63, 3.8) is 0 Å². The van der Waals surface area contributed by atoms with Crippen LogP contribution < -0.4 is 10.1 Å². The van der Waals surface area contributed by atoms with Gasteiger partial charge in [0.15, 0.2) is 11.6 Å². The Balaban J connectivity index is 0.00000124. The first-order chi connectivity index (χ1) is 19.7. The first-order valence-electron chi connectivity index (χ1n) is 12.8. The molecule has 2 aromatic carbocycles. The third-order valence-corrected chi connectivity index (χ3v) is 6.88. The van der Waals surface area contributed by atoms with Gasteiger partial charge in [0.1, 0.15) is 5.75 Å². The fourth-order valence-corrected chi connectivity index (χ4v) is 4.69. The molecule has 0 spiro atoms. The predicted octanol–water partition coefficient (Wildman–Crippen LogP) is 4.90. The molecule has 214 valence electrons. The van der Waals surface area contributed by atoms with Crippen molar-refractivity contribution in [3.05, 3.63) is 89.4 Å². The number of carbonyl (C=O) groups is 3. The smallest absolute Gasteiger partial charge is 0.290 e. The van der Waals surface area contributed by atoms with Crippen molar-refractivity contribution in [2.75, 3.05) is 25.5 Å². The van der Waals surface area contributed by atoms with Crippen molar-refractivity contribution >= 4 is 24.0 Å². The van der Waals surface area contributed by atoms with Gasteiger partial charge in [-0.3, -0.25) is 19.1 Å². The van der Waals surface area contributed by atoms with E-state index >= 15 is 0 Å². The summed E-state index contributed by atoms with van der Waals surface area (Å²) in [5, 5.41) is 13.9. The van der Waals surface area contributed by atoms with Gasteiger partial charge in [0, 0.05) is 47.9 Å². The molecule has 3 N–H and O–H groups in total. The lowest BCUT2D eigenvalue weighted by Gasteiger charge is -2.32. The van der Waals surface area contributed by atoms with E-state index in [1.165, 1.54) is 19.2 Å². The highest BCUT2D eigenvalue weighted by atomic mass is 19.2. The van der Waals surface area contributed by atoms with Crippen LogP contribution in [0.1, 0.15) is 45.2 Å². The van der Waals surface area contributed by atoms with Crippen LogP contribution in [0, 0.1) is 18.6 Å². The Morgan fingerprint density at radius 3 is 2.61 bits per heavy atom. The minimum atomic E-state index is -1.04. The number of methoxy groups -OCH3 is 1. The molecule has 2 aromatic heterocycles. The van der Waals surface area contributed by atoms with Crippen LogP contribution >= 0.6 is 0 Å². The van der Waals surface area contributed by atoms with Gasteiger partial charge in [0.05, 0.1) is 30.6 Å². The summed E-state index contributed by atoms with van der Waals surface area (Å²) < 4.78 is 34.3. The summed E-state index contributed by atoms with van der Waals surface area (Å²) in [6, 6.07) is 11.7. The minimum Gasteiger partial charge on any atom is -0.497 e. The number of piperidine rings is 1. The normalized spacial score (nSPS) is 13.2. The van der Waals surface area contributed by atoms with Crippen molar-refractivity contribution in [2.24, 2.45) is 0 Å². The molecule has 0 saturated carbocycles. The van der Waals surface area contributed by atoms with E-state index in [1.807, 2.05) is 35.2 Å². The molecule has 1 aliphatic rings. The average Bonchev–Trinajstić information content (AvgIpc) is 3.67. The zero-order chi connectivity index (χ0) is 29.5. The molecule has 2 amide bonds. The highest BCUT2D eigenvalue weighted by Crippen LogP contribution is 2.27. The lowest BCUT2D eigenvalue weighted by molar-refractivity contribution is -0.122. The fourth-order valence-electron chi connectivity index (χ4n) is 4.69. The number of carbonyl (C=O) groups excluding carboxylic acids is 2. The van der Waals surface area contributed by atoms with Crippen molar-refractivity contribution in [3.8, 4) is 17.0 Å². The van der Waals surface area contributed by atoms with Crippen molar-refractivity contribution in [1.82, 2.24) is 19.7 Å². The molecule has 1 fully saturated rings. The van der Waals surface area contributed by atoms with E-state index in [2.05, 4.69) is 15.4 Å². The van der Waals surface area contributed by atoms with E-state index in [0.717, 1.165) is 23.1 Å². The molecule has 3 heterocycles. The molecule has 1 aliphatic heterocycles. The minimum absolute atomic E-state index is 0.0378. The van der Waals surface area contributed by atoms with Crippen molar-refractivity contribution in [2.45, 2.75) is 25.8 Å². The molecule has 0 bridgehead atoms. The summed E-state index contributed by atoms with van der Waals surface area (Å²) >= 11 is 0. The Bertz CT molecular complexity index is 1540. The number of rotatable bonds is 6. The second-order valence-corrected chi connectivity index (χ2v) is 9.36. The third-order valence-electron chi connectivity index (χ3n) is 6.88. The molecular weight excluding hydrogens is 536 g/mol. The van der Waals surface area contributed by atoms with Crippen molar-refractivity contribution < 1.29 is 33.0 Å². The maximum absolute atomic E-state index is 13.8. The van der Waals surface area contributed by atoms with Crippen LogP contribution in [0.4, 0.5) is 14.5 Å². The zero-order valence-corrected chi connectivity index (χ0v) is 22.4. The maximum atomic E-state index is 13.8. The summed E-state index contributed by atoms with van der Waals surface area (Å²) in [4.78, 5) is 39.0. The van der Waals surface area contributed by atoms with Crippen LogP contribution in [0.15, 0.2) is 61.1 Å². The number of benzene rings is 2. The standard InChI is InChI=1S/C28H27F2N5O3.CH2O2/c1-17-23(6-7-24(29)26(17)30)27(36)33-20-15-32-35(16-20)21-8-10-34(11-9-21)28(37)19-13-25(31-14-19)18-4-3-5-22(12-18)38-2;2-1-3/h3-7,12-16,21,31H,8-11H2,1-2H3,(H,33,36);1H,(H,2,3). The topological polar surface area (TPSA) is 130 Å². The Morgan fingerprint density at radius 1 is 1.17 bits per heavy atom. The van der Waals surface area contributed by atoms with Gasteiger partial charge in [-0.2, -0.15) is 5.10 Å². The number of H-pyrrole nitrogens is 1. The molecule has 5 rings (SSSR count). The molecule has 4 aromatic rings. The second-order valence-electron chi connectivity index (χ2n) is 9.36. The van der Waals surface area contributed by atoms with Crippen LogP contribution in [0.5, 0.6) is 5.75 Å². The summed E-state index contributed by atoms with van der Waals surface area (Å²) in [6.45, 7) is 2.25. The third kappa shape index (κ3) is 6.60. The number of hydrogen-bond acceptors (Lipinski definition) is 5. The molecule has 1 saturated heterocycles. The maximum Gasteiger partial charge on any atom is 0.290 e. The molecule has 0 aliphatic carbocycles. The van der Waals surface area contributed by atoms with E-state index in [4.69, 9.17) is 14.6 Å². The van der Waals surface area contributed by atoms with E-state index in [0.29, 0.717) is 37.2 Å². The highest BCUT2D eigenvalue weighted by Gasteiger charge is 2.26. The van der Waals surface area contributed by atoms with Gasteiger partial charge in [-0.1, -0.05) is 12.1 Å². The van der Waals surface area contributed by atoms with Gasteiger partial charge < -0.3 is 25.0 Å². The number of amides is 2. The number of hydrogen-bond donors (Lipinski definition) is 3.